The molecule has 0 spiro atoms. The van der Waals surface area contributed by atoms with Crippen molar-refractivity contribution >= 4 is 7.82 Å². The first kappa shape index (κ1) is 22.2. The Labute approximate surface area is 165 Å². The van der Waals surface area contributed by atoms with Crippen molar-refractivity contribution in [1.29, 1.82) is 0 Å². The van der Waals surface area contributed by atoms with Crippen molar-refractivity contribution in [3.8, 4) is 17.6 Å². The fourth-order valence-corrected chi connectivity index (χ4v) is 2.99. The molecule has 0 bridgehead atoms. The third-order valence-corrected chi connectivity index (χ3v) is 4.75. The van der Waals surface area contributed by atoms with Gasteiger partial charge in [-0.05, 0) is 56.9 Å². The minimum absolute atomic E-state index is 0.218. The van der Waals surface area contributed by atoms with E-state index in [1.165, 1.54) is 5.56 Å². The highest BCUT2D eigenvalue weighted by Crippen LogP contribution is 2.36. The van der Waals surface area contributed by atoms with Crippen molar-refractivity contribution < 1.29 is 23.6 Å². The van der Waals surface area contributed by atoms with Gasteiger partial charge in [-0.2, -0.15) is 0 Å². The van der Waals surface area contributed by atoms with Gasteiger partial charge in [0.15, 0.2) is 0 Å². The molecule has 0 aliphatic carbocycles. The van der Waals surface area contributed by atoms with Crippen LogP contribution in [0.4, 0.5) is 0 Å². The zero-order chi connectivity index (χ0) is 20.8. The summed E-state index contributed by atoms with van der Waals surface area (Å²) in [6, 6.07) is 11.7. The summed E-state index contributed by atoms with van der Waals surface area (Å²) in [6.45, 7) is 3.80. The number of ether oxygens (including phenoxy) is 1. The van der Waals surface area contributed by atoms with Gasteiger partial charge in [0, 0.05) is 18.3 Å². The molecular formula is C20H27N2O5P. The number of phosphoric acid groups is 1. The van der Waals surface area contributed by atoms with Crippen LogP contribution in [0.25, 0.3) is 0 Å². The third kappa shape index (κ3) is 7.51. The Balaban J connectivity index is 1.88. The van der Waals surface area contributed by atoms with E-state index < -0.39 is 13.4 Å². The molecule has 2 rings (SSSR count). The van der Waals surface area contributed by atoms with E-state index in [-0.39, 0.29) is 6.61 Å². The summed E-state index contributed by atoms with van der Waals surface area (Å²) in [4.78, 5) is 17.6. The minimum atomic E-state index is -4.52. The molecule has 0 aliphatic rings. The molecule has 0 amide bonds. The molecule has 8 heteroatoms. The Bertz CT molecular complexity index is 888. The maximum absolute atomic E-state index is 10.8. The van der Waals surface area contributed by atoms with Crippen molar-refractivity contribution in [3.63, 3.8) is 0 Å². The predicted molar refractivity (Wildman–Crippen MR) is 108 cm³/mol. The van der Waals surface area contributed by atoms with Crippen LogP contribution >= 0.6 is 7.82 Å². The molecule has 152 valence electrons. The first-order valence-electron chi connectivity index (χ1n) is 8.88. The Morgan fingerprint density at radius 3 is 2.54 bits per heavy atom. The van der Waals surface area contributed by atoms with E-state index in [0.717, 1.165) is 17.1 Å². The summed E-state index contributed by atoms with van der Waals surface area (Å²) >= 11 is 0. The molecule has 0 saturated carbocycles. The lowest BCUT2D eigenvalue weighted by Crippen LogP contribution is -2.41. The average Bonchev–Trinajstić information content (AvgIpc) is 2.96. The van der Waals surface area contributed by atoms with Gasteiger partial charge in [0.25, 0.3) is 0 Å². The number of hydrogen-bond acceptors (Lipinski definition) is 4. The zero-order valence-corrected chi connectivity index (χ0v) is 17.3. The molecule has 4 N–H and O–H groups in total. The SMILES string of the molecule is Cc1ccc(OCC#Cc2ccc(CCC(C)(N)COP(=O)(O)O)n2C)cc1. The Hall–Kier alpha value is -2.07. The van der Waals surface area contributed by atoms with Gasteiger partial charge in [-0.3, -0.25) is 4.52 Å². The smallest absolute Gasteiger partial charge is 0.469 e. The highest BCUT2D eigenvalue weighted by Gasteiger charge is 2.24. The maximum atomic E-state index is 10.8. The van der Waals surface area contributed by atoms with Crippen LogP contribution in [0.1, 0.15) is 30.3 Å². The molecule has 0 radical (unpaired) electrons. The second-order valence-electron chi connectivity index (χ2n) is 7.09. The van der Waals surface area contributed by atoms with E-state index in [1.54, 1.807) is 6.92 Å². The maximum Gasteiger partial charge on any atom is 0.469 e. The molecule has 0 aliphatic heterocycles. The number of nitrogens with two attached hydrogens (primary N) is 1. The van der Waals surface area contributed by atoms with Crippen LogP contribution in [-0.2, 0) is 22.6 Å². The van der Waals surface area contributed by atoms with Crippen LogP contribution in [0.15, 0.2) is 36.4 Å². The quantitative estimate of drug-likeness (QED) is 0.459. The summed E-state index contributed by atoms with van der Waals surface area (Å²) in [5.74, 6) is 6.87. The summed E-state index contributed by atoms with van der Waals surface area (Å²) < 4.78 is 22.9. The summed E-state index contributed by atoms with van der Waals surface area (Å²) in [6.07, 6.45) is 1.14. The van der Waals surface area contributed by atoms with Gasteiger partial charge in [-0.25, -0.2) is 4.57 Å². The lowest BCUT2D eigenvalue weighted by Gasteiger charge is -2.24. The van der Waals surface area contributed by atoms with Crippen molar-refractivity contribution in [2.75, 3.05) is 13.2 Å². The van der Waals surface area contributed by atoms with Crippen LogP contribution < -0.4 is 10.5 Å². The zero-order valence-electron chi connectivity index (χ0n) is 16.4. The molecule has 1 aromatic heterocycles. The van der Waals surface area contributed by atoms with E-state index in [4.69, 9.17) is 20.3 Å². The number of rotatable bonds is 8. The van der Waals surface area contributed by atoms with Crippen LogP contribution in [0.3, 0.4) is 0 Å². The predicted octanol–water partition coefficient (Wildman–Crippen LogP) is 2.52. The number of nitrogens with zero attached hydrogens (tertiary/aromatic N) is 1. The Morgan fingerprint density at radius 2 is 1.89 bits per heavy atom. The van der Waals surface area contributed by atoms with Crippen molar-refractivity contribution in [2.45, 2.75) is 32.2 Å². The molecular weight excluding hydrogens is 379 g/mol. The van der Waals surface area contributed by atoms with E-state index in [0.29, 0.717) is 19.4 Å². The number of aryl methyl sites for hydroxylation is 2. The number of hydrogen-bond donors (Lipinski definition) is 3. The molecule has 0 fully saturated rings. The van der Waals surface area contributed by atoms with Crippen molar-refractivity contribution in [1.82, 2.24) is 4.57 Å². The second-order valence-corrected chi connectivity index (χ2v) is 8.33. The topological polar surface area (TPSA) is 107 Å². The molecule has 2 aromatic rings. The van der Waals surface area contributed by atoms with Crippen LogP contribution in [-0.4, -0.2) is 33.1 Å². The standard InChI is InChI=1S/C20H27N2O5P/c1-16-6-10-19(11-7-16)26-14-4-5-17-8-9-18(22(17)3)12-13-20(2,21)15-27-28(23,24)25/h6-11H,12-15,21H2,1-3H3,(H2,23,24,25). The van der Waals surface area contributed by atoms with Gasteiger partial charge >= 0.3 is 7.82 Å². The van der Waals surface area contributed by atoms with Crippen molar-refractivity contribution in [2.24, 2.45) is 12.8 Å². The van der Waals surface area contributed by atoms with Crippen molar-refractivity contribution in [3.05, 3.63) is 53.3 Å². The monoisotopic (exact) mass is 406 g/mol. The highest BCUT2D eigenvalue weighted by atomic mass is 31.2. The molecule has 1 atom stereocenters. The fraction of sp³-hybridized carbons (Fsp3) is 0.400. The number of phosphoric ester groups is 1. The Morgan fingerprint density at radius 1 is 1.21 bits per heavy atom. The first-order chi connectivity index (χ1) is 13.1. The van der Waals surface area contributed by atoms with Gasteiger partial charge in [0.05, 0.1) is 12.3 Å². The minimum Gasteiger partial charge on any atom is -0.481 e. The molecule has 0 saturated heterocycles. The number of benzene rings is 1. The van der Waals surface area contributed by atoms with Gasteiger partial charge in [-0.1, -0.05) is 23.6 Å². The number of aromatic nitrogens is 1. The molecule has 1 aromatic carbocycles. The second kappa shape index (κ2) is 9.42. The summed E-state index contributed by atoms with van der Waals surface area (Å²) in [5, 5.41) is 0. The highest BCUT2D eigenvalue weighted by molar-refractivity contribution is 7.46. The fourth-order valence-electron chi connectivity index (χ4n) is 2.53. The summed E-state index contributed by atoms with van der Waals surface area (Å²) in [5.41, 5.74) is 8.28. The molecule has 28 heavy (non-hydrogen) atoms. The van der Waals surface area contributed by atoms with Gasteiger partial charge in [0.1, 0.15) is 12.4 Å². The molecule has 1 heterocycles. The lowest BCUT2D eigenvalue weighted by atomic mass is 9.97. The first-order valence-corrected chi connectivity index (χ1v) is 10.4. The van der Waals surface area contributed by atoms with Gasteiger partial charge in [-0.15, -0.1) is 0 Å². The largest absolute Gasteiger partial charge is 0.481 e. The normalized spacial score (nSPS) is 13.5. The van der Waals surface area contributed by atoms with E-state index in [2.05, 4.69) is 16.4 Å². The lowest BCUT2D eigenvalue weighted by molar-refractivity contribution is 0.154. The summed E-state index contributed by atoms with van der Waals surface area (Å²) in [7, 11) is -2.60. The molecule has 1 unspecified atom stereocenters. The van der Waals surface area contributed by atoms with Crippen LogP contribution in [0, 0.1) is 18.8 Å². The van der Waals surface area contributed by atoms with Gasteiger partial charge in [0.2, 0.25) is 0 Å². The van der Waals surface area contributed by atoms with Crippen LogP contribution in [0.2, 0.25) is 0 Å². The van der Waals surface area contributed by atoms with E-state index >= 15 is 0 Å². The average molecular weight is 406 g/mol. The Kier molecular flexibility index (Phi) is 7.48. The molecule has 7 nitrogen and oxygen atoms in total. The van der Waals surface area contributed by atoms with E-state index in [1.807, 2.05) is 54.9 Å². The third-order valence-electron chi connectivity index (χ3n) is 4.29. The van der Waals surface area contributed by atoms with Gasteiger partial charge < -0.3 is 24.8 Å². The van der Waals surface area contributed by atoms with E-state index in [9.17, 15) is 4.57 Å². The van der Waals surface area contributed by atoms with Crippen LogP contribution in [0.5, 0.6) is 5.75 Å².